The van der Waals surface area contributed by atoms with Crippen molar-refractivity contribution in [1.29, 1.82) is 0 Å². The Bertz CT molecular complexity index is 994. The van der Waals surface area contributed by atoms with Crippen LogP contribution in [0.4, 0.5) is 13.2 Å². The van der Waals surface area contributed by atoms with Crippen LogP contribution in [0.25, 0.3) is 6.20 Å². The van der Waals surface area contributed by atoms with Gasteiger partial charge in [0.25, 0.3) is 6.43 Å². The fourth-order valence-electron chi connectivity index (χ4n) is 3.20. The normalized spacial score (nSPS) is 16.9. The number of rotatable bonds is 8. The zero-order valence-corrected chi connectivity index (χ0v) is 20.3. The predicted molar refractivity (Wildman–Crippen MR) is 128 cm³/mol. The zero-order valence-electron chi connectivity index (χ0n) is 18.8. The van der Waals surface area contributed by atoms with Crippen LogP contribution >= 0.6 is 23.4 Å². The molecule has 1 N–H and O–H groups in total. The number of aliphatic hydroxyl groups excluding tert-OH is 1. The lowest BCUT2D eigenvalue weighted by atomic mass is 10.1. The van der Waals surface area contributed by atoms with E-state index in [1.807, 2.05) is 37.3 Å². The summed E-state index contributed by atoms with van der Waals surface area (Å²) in [4.78, 5) is 1.68. The second-order valence-electron chi connectivity index (χ2n) is 7.13. The smallest absolute Gasteiger partial charge is 0.263 e. The molecule has 1 aromatic carbocycles. The monoisotopic (exact) mass is 500 g/mol. The van der Waals surface area contributed by atoms with Gasteiger partial charge in [-0.1, -0.05) is 72.3 Å². The third-order valence-corrected chi connectivity index (χ3v) is 6.24. The number of hydrogen-bond donors (Lipinski definition) is 1. The number of aromatic nitrogens is 3. The minimum atomic E-state index is -2.57. The molecule has 1 aliphatic rings. The second-order valence-corrected chi connectivity index (χ2v) is 8.48. The zero-order chi connectivity index (χ0) is 24.4. The van der Waals surface area contributed by atoms with Gasteiger partial charge in [-0.15, -0.1) is 10.2 Å². The topological polar surface area (TPSA) is 54.2 Å². The van der Waals surface area contributed by atoms with Crippen LogP contribution in [0.2, 0.25) is 5.02 Å². The predicted octanol–water partition coefficient (Wildman–Crippen LogP) is 6.13. The van der Waals surface area contributed by atoms with Crippen LogP contribution in [0.1, 0.15) is 37.9 Å². The van der Waals surface area contributed by atoms with Crippen molar-refractivity contribution >= 4 is 29.6 Å². The summed E-state index contributed by atoms with van der Waals surface area (Å²) in [7, 11) is 0.500. The first-order valence-electron chi connectivity index (χ1n) is 10.3. The van der Waals surface area contributed by atoms with Gasteiger partial charge in [0.05, 0.1) is 7.18 Å². The summed E-state index contributed by atoms with van der Waals surface area (Å²) in [5.74, 6) is 0.959. The van der Waals surface area contributed by atoms with Gasteiger partial charge in [-0.2, -0.15) is 0 Å². The van der Waals surface area contributed by atoms with Crippen molar-refractivity contribution in [1.82, 2.24) is 19.7 Å². The van der Waals surface area contributed by atoms with Gasteiger partial charge in [0, 0.05) is 35.6 Å². The average molecular weight is 501 g/mol. The Morgan fingerprint density at radius 1 is 1.30 bits per heavy atom. The molecule has 5 nitrogen and oxygen atoms in total. The molecule has 3 rings (SSSR count). The highest BCUT2D eigenvalue weighted by atomic mass is 35.5. The second kappa shape index (κ2) is 13.6. The summed E-state index contributed by atoms with van der Waals surface area (Å²) in [6, 6.07) is 7.58. The van der Waals surface area contributed by atoms with Crippen molar-refractivity contribution in [3.63, 3.8) is 0 Å². The summed E-state index contributed by atoms with van der Waals surface area (Å²) < 4.78 is 38.1. The molecule has 1 aromatic heterocycles. The maximum Gasteiger partial charge on any atom is 0.263 e. The first-order chi connectivity index (χ1) is 15.9. The third kappa shape index (κ3) is 7.20. The van der Waals surface area contributed by atoms with Gasteiger partial charge < -0.3 is 5.11 Å². The maximum atomic E-state index is 13.5. The van der Waals surface area contributed by atoms with E-state index >= 15 is 0 Å². The summed E-state index contributed by atoms with van der Waals surface area (Å²) >= 11 is 7.68. The molecular formula is C23H28ClF3N4OS. The Morgan fingerprint density at radius 2 is 2.03 bits per heavy atom. The molecule has 0 radical (unpaired) electrons. The van der Waals surface area contributed by atoms with Crippen LogP contribution in [0, 0.1) is 0 Å². The third-order valence-electron chi connectivity index (χ3n) is 4.88. The number of hydrogen-bond acceptors (Lipinski definition) is 5. The van der Waals surface area contributed by atoms with Crippen molar-refractivity contribution in [2.45, 2.75) is 43.8 Å². The SMILES string of the molecule is CC/C=C\C(=C(\C)CN1CC=Cn2c(SCc3ccccc3Cl)nnc2C1O)C(F)F.CF. The van der Waals surface area contributed by atoms with Crippen LogP contribution in [0.5, 0.6) is 0 Å². The van der Waals surface area contributed by atoms with Crippen LogP contribution in [-0.2, 0) is 5.75 Å². The largest absolute Gasteiger partial charge is 0.371 e. The summed E-state index contributed by atoms with van der Waals surface area (Å²) in [5, 5.41) is 20.6. The van der Waals surface area contributed by atoms with Crippen molar-refractivity contribution < 1.29 is 18.3 Å². The molecule has 33 heavy (non-hydrogen) atoms. The van der Waals surface area contributed by atoms with Gasteiger partial charge in [-0.25, -0.2) is 8.78 Å². The average Bonchev–Trinajstić information content (AvgIpc) is 3.14. The molecular weight excluding hydrogens is 473 g/mol. The van der Waals surface area contributed by atoms with Crippen molar-refractivity contribution in [3.8, 4) is 0 Å². The van der Waals surface area contributed by atoms with Crippen molar-refractivity contribution in [2.75, 3.05) is 20.3 Å². The first-order valence-corrected chi connectivity index (χ1v) is 11.7. The Hall–Kier alpha value is -2.07. The molecule has 2 heterocycles. The number of benzene rings is 1. The Labute approximate surface area is 201 Å². The number of halogens is 4. The Balaban J connectivity index is 0.00000187. The van der Waals surface area contributed by atoms with Gasteiger partial charge in [-0.3, -0.25) is 13.9 Å². The maximum absolute atomic E-state index is 13.5. The van der Waals surface area contributed by atoms with E-state index in [4.69, 9.17) is 11.6 Å². The van der Waals surface area contributed by atoms with E-state index in [0.29, 0.717) is 47.5 Å². The fourth-order valence-corrected chi connectivity index (χ4v) is 4.41. The minimum absolute atomic E-state index is 0.0141. The highest BCUT2D eigenvalue weighted by Gasteiger charge is 2.27. The van der Waals surface area contributed by atoms with Gasteiger partial charge in [0.15, 0.2) is 17.2 Å². The van der Waals surface area contributed by atoms with Crippen molar-refractivity contribution in [3.05, 3.63) is 70.1 Å². The van der Waals surface area contributed by atoms with E-state index in [1.54, 1.807) is 28.7 Å². The van der Waals surface area contributed by atoms with Gasteiger partial charge in [0.2, 0.25) is 0 Å². The van der Waals surface area contributed by atoms with E-state index in [9.17, 15) is 18.3 Å². The molecule has 10 heteroatoms. The van der Waals surface area contributed by atoms with Gasteiger partial charge in [0.1, 0.15) is 0 Å². The van der Waals surface area contributed by atoms with Crippen LogP contribution in [-0.4, -0.2) is 51.5 Å². The summed E-state index contributed by atoms with van der Waals surface area (Å²) in [5.41, 5.74) is 1.47. The molecule has 1 atom stereocenters. The molecule has 0 aliphatic carbocycles. The highest BCUT2D eigenvalue weighted by Crippen LogP contribution is 2.30. The summed E-state index contributed by atoms with van der Waals surface area (Å²) in [6.45, 7) is 4.14. The Kier molecular flexibility index (Phi) is 11.2. The number of allylic oxidation sites excluding steroid dienone is 3. The van der Waals surface area contributed by atoms with Crippen LogP contribution < -0.4 is 0 Å². The lowest BCUT2D eigenvalue weighted by Gasteiger charge is -2.25. The number of nitrogens with zero attached hydrogens (tertiary/aromatic N) is 4. The van der Waals surface area contributed by atoms with Gasteiger partial charge in [-0.05, 0) is 25.0 Å². The first kappa shape index (κ1) is 27.2. The van der Waals surface area contributed by atoms with Gasteiger partial charge >= 0.3 is 0 Å². The molecule has 0 saturated carbocycles. The number of fused-ring (bicyclic) bond motifs is 1. The molecule has 0 bridgehead atoms. The quantitative estimate of drug-likeness (QED) is 0.349. The van der Waals surface area contributed by atoms with Crippen molar-refractivity contribution in [2.24, 2.45) is 0 Å². The molecule has 1 aliphatic heterocycles. The molecule has 0 spiro atoms. The molecule has 0 saturated heterocycles. The molecule has 0 amide bonds. The standard InChI is InChI=1S/C22H25ClF2N4OS.CH3F/c1-3-4-9-17(19(24)25)15(2)13-28-11-7-12-29-20(21(28)30)26-27-22(29)31-14-16-8-5-6-10-18(16)23;1-2/h4-10,12,19,21,30H,3,11,13-14H2,1-2H3;1H3/b9-4-,17-15+;. The van der Waals surface area contributed by atoms with E-state index in [2.05, 4.69) is 10.2 Å². The van der Waals surface area contributed by atoms with E-state index in [1.165, 1.54) is 17.8 Å². The van der Waals surface area contributed by atoms with E-state index < -0.39 is 12.7 Å². The summed E-state index contributed by atoms with van der Waals surface area (Å²) in [6.07, 6.45) is 3.88. The molecule has 2 aromatic rings. The highest BCUT2D eigenvalue weighted by molar-refractivity contribution is 7.98. The van der Waals surface area contributed by atoms with Crippen LogP contribution in [0.15, 0.2) is 58.8 Å². The number of thioether (sulfide) groups is 1. The Morgan fingerprint density at radius 3 is 2.70 bits per heavy atom. The lowest BCUT2D eigenvalue weighted by Crippen LogP contribution is -2.31. The molecule has 180 valence electrons. The molecule has 1 unspecified atom stereocenters. The number of alkyl halides is 3. The lowest BCUT2D eigenvalue weighted by molar-refractivity contribution is 0.00906. The fraction of sp³-hybridized carbons (Fsp3) is 0.391. The van der Waals surface area contributed by atoms with E-state index in [0.717, 1.165) is 5.56 Å². The number of aliphatic hydroxyl groups is 1. The van der Waals surface area contributed by atoms with E-state index in [-0.39, 0.29) is 12.1 Å². The van der Waals surface area contributed by atoms with Crippen LogP contribution in [0.3, 0.4) is 0 Å². The minimum Gasteiger partial charge on any atom is -0.371 e. The molecule has 0 fully saturated rings.